The molecule has 7 nitrogen and oxygen atoms in total. The predicted octanol–water partition coefficient (Wildman–Crippen LogP) is 4.67. The highest BCUT2D eigenvalue weighted by Gasteiger charge is 2.33. The standard InChI is InChI=1S/C21H18BrFN2O5S/c1-3-25-20(27)18(31-21(25)28)9-12-8-16(29-2)17(10-15(12)22)30-11-19(26)24-14-6-4-13(23)5-7-14/h4-10H,3,11H2,1-2H3,(H,24,26)/b18-9+. The van der Waals surface area contributed by atoms with E-state index in [1.807, 2.05) is 0 Å². The van der Waals surface area contributed by atoms with Crippen molar-refractivity contribution in [2.45, 2.75) is 6.92 Å². The molecule has 1 fully saturated rings. The quantitative estimate of drug-likeness (QED) is 0.547. The molecular weight excluding hydrogens is 491 g/mol. The lowest BCUT2D eigenvalue weighted by Crippen LogP contribution is -2.27. The normalized spacial score (nSPS) is 14.8. The number of halogens is 2. The third-order valence-corrected chi connectivity index (χ3v) is 5.84. The number of rotatable bonds is 7. The van der Waals surface area contributed by atoms with Crippen LogP contribution in [0.5, 0.6) is 11.5 Å². The molecule has 10 heteroatoms. The third-order valence-electron chi connectivity index (χ3n) is 4.25. The van der Waals surface area contributed by atoms with Gasteiger partial charge < -0.3 is 14.8 Å². The number of imide groups is 1. The lowest BCUT2D eigenvalue weighted by Gasteiger charge is -2.13. The number of likely N-dealkylation sites (N-methyl/N-ethyl adjacent to an activating group) is 1. The molecule has 0 unspecified atom stereocenters. The molecule has 162 valence electrons. The molecule has 1 N–H and O–H groups in total. The first kappa shape index (κ1) is 22.8. The van der Waals surface area contributed by atoms with Crippen LogP contribution in [0.1, 0.15) is 12.5 Å². The maximum absolute atomic E-state index is 13.0. The SMILES string of the molecule is CCN1C(=O)S/C(=C/c2cc(OC)c(OCC(=O)Nc3ccc(F)cc3)cc2Br)C1=O. The van der Waals surface area contributed by atoms with Gasteiger partial charge in [-0.25, -0.2) is 4.39 Å². The molecule has 2 aromatic carbocycles. The average molecular weight is 509 g/mol. The number of carbonyl (C=O) groups excluding carboxylic acids is 3. The Hall–Kier alpha value is -2.85. The zero-order chi connectivity index (χ0) is 22.5. The highest BCUT2D eigenvalue weighted by molar-refractivity contribution is 9.10. The van der Waals surface area contributed by atoms with Gasteiger partial charge in [0, 0.05) is 16.7 Å². The van der Waals surface area contributed by atoms with E-state index in [1.165, 1.54) is 36.3 Å². The zero-order valence-corrected chi connectivity index (χ0v) is 19.0. The van der Waals surface area contributed by atoms with Gasteiger partial charge in [0.1, 0.15) is 5.82 Å². The summed E-state index contributed by atoms with van der Waals surface area (Å²) in [5.41, 5.74) is 1.06. The van der Waals surface area contributed by atoms with Crippen LogP contribution in [0.2, 0.25) is 0 Å². The summed E-state index contributed by atoms with van der Waals surface area (Å²) in [6, 6.07) is 8.62. The Bertz CT molecular complexity index is 1060. The number of anilines is 1. The first-order valence-corrected chi connectivity index (χ1v) is 10.7. The summed E-state index contributed by atoms with van der Waals surface area (Å²) in [6.45, 7) is 1.74. The van der Waals surface area contributed by atoms with Gasteiger partial charge in [-0.15, -0.1) is 0 Å². The van der Waals surface area contributed by atoms with E-state index in [1.54, 1.807) is 25.1 Å². The number of thioether (sulfide) groups is 1. The molecule has 1 saturated heterocycles. The second kappa shape index (κ2) is 9.97. The van der Waals surface area contributed by atoms with Crippen LogP contribution in [0.15, 0.2) is 45.8 Å². The molecule has 0 aromatic heterocycles. The number of ether oxygens (including phenoxy) is 2. The molecule has 0 atom stereocenters. The maximum atomic E-state index is 13.0. The first-order chi connectivity index (χ1) is 14.8. The Morgan fingerprint density at radius 3 is 2.55 bits per heavy atom. The maximum Gasteiger partial charge on any atom is 0.293 e. The van der Waals surface area contributed by atoms with Gasteiger partial charge in [-0.2, -0.15) is 0 Å². The second-order valence-corrected chi connectivity index (χ2v) is 8.14. The lowest BCUT2D eigenvalue weighted by atomic mass is 10.2. The van der Waals surface area contributed by atoms with E-state index in [9.17, 15) is 18.8 Å². The fourth-order valence-electron chi connectivity index (χ4n) is 2.72. The summed E-state index contributed by atoms with van der Waals surface area (Å²) in [7, 11) is 1.45. The first-order valence-electron chi connectivity index (χ1n) is 9.13. The Morgan fingerprint density at radius 2 is 1.94 bits per heavy atom. The highest BCUT2D eigenvalue weighted by Crippen LogP contribution is 2.38. The van der Waals surface area contributed by atoms with Crippen molar-refractivity contribution in [3.05, 3.63) is 57.2 Å². The summed E-state index contributed by atoms with van der Waals surface area (Å²) in [5.74, 6) is -0.521. The van der Waals surface area contributed by atoms with Crippen molar-refractivity contribution < 1.29 is 28.2 Å². The summed E-state index contributed by atoms with van der Waals surface area (Å²) in [5, 5.41) is 2.29. The van der Waals surface area contributed by atoms with Gasteiger partial charge in [0.2, 0.25) is 0 Å². The third kappa shape index (κ3) is 5.45. The monoisotopic (exact) mass is 508 g/mol. The minimum absolute atomic E-state index is 0.297. The van der Waals surface area contributed by atoms with Crippen LogP contribution in [-0.2, 0) is 9.59 Å². The van der Waals surface area contributed by atoms with Crippen LogP contribution >= 0.6 is 27.7 Å². The molecule has 3 amide bonds. The van der Waals surface area contributed by atoms with Crippen LogP contribution in [0.3, 0.4) is 0 Å². The van der Waals surface area contributed by atoms with E-state index in [0.717, 1.165) is 11.8 Å². The number of nitrogens with zero attached hydrogens (tertiary/aromatic N) is 1. The Morgan fingerprint density at radius 1 is 1.23 bits per heavy atom. The van der Waals surface area contributed by atoms with Crippen molar-refractivity contribution in [3.63, 3.8) is 0 Å². The van der Waals surface area contributed by atoms with E-state index >= 15 is 0 Å². The summed E-state index contributed by atoms with van der Waals surface area (Å²) in [4.78, 5) is 37.8. The smallest absolute Gasteiger partial charge is 0.293 e. The molecule has 0 spiro atoms. The predicted molar refractivity (Wildman–Crippen MR) is 120 cm³/mol. The van der Waals surface area contributed by atoms with Gasteiger partial charge >= 0.3 is 0 Å². The van der Waals surface area contributed by atoms with Crippen LogP contribution in [0, 0.1) is 5.82 Å². The Labute approximate surface area is 190 Å². The van der Waals surface area contributed by atoms with Crippen LogP contribution in [-0.4, -0.2) is 42.2 Å². The second-order valence-electron chi connectivity index (χ2n) is 6.29. The highest BCUT2D eigenvalue weighted by atomic mass is 79.9. The summed E-state index contributed by atoms with van der Waals surface area (Å²) < 4.78 is 24.5. The molecular formula is C21H18BrFN2O5S. The molecule has 1 aliphatic rings. The van der Waals surface area contributed by atoms with Crippen molar-refractivity contribution in [1.29, 1.82) is 0 Å². The number of carbonyl (C=O) groups is 3. The molecule has 0 saturated carbocycles. The van der Waals surface area contributed by atoms with Gasteiger partial charge in [-0.05, 0) is 66.7 Å². The topological polar surface area (TPSA) is 84.9 Å². The lowest BCUT2D eigenvalue weighted by molar-refractivity contribution is -0.122. The Balaban J connectivity index is 1.73. The molecule has 31 heavy (non-hydrogen) atoms. The number of hydrogen-bond donors (Lipinski definition) is 1. The van der Waals surface area contributed by atoms with E-state index in [4.69, 9.17) is 9.47 Å². The van der Waals surface area contributed by atoms with Crippen molar-refractivity contribution in [2.24, 2.45) is 0 Å². The van der Waals surface area contributed by atoms with Crippen LogP contribution in [0.4, 0.5) is 14.9 Å². The van der Waals surface area contributed by atoms with Crippen molar-refractivity contribution in [2.75, 3.05) is 25.6 Å². The molecule has 1 heterocycles. The van der Waals surface area contributed by atoms with Gasteiger partial charge in [0.05, 0.1) is 12.0 Å². The number of amides is 3. The Kier molecular flexibility index (Phi) is 7.34. The average Bonchev–Trinajstić information content (AvgIpc) is 3.01. The molecule has 0 bridgehead atoms. The van der Waals surface area contributed by atoms with E-state index in [0.29, 0.717) is 38.7 Å². The van der Waals surface area contributed by atoms with Gasteiger partial charge in [-0.3, -0.25) is 19.3 Å². The number of nitrogens with one attached hydrogen (secondary N) is 1. The number of benzene rings is 2. The van der Waals surface area contributed by atoms with E-state index in [-0.39, 0.29) is 17.8 Å². The van der Waals surface area contributed by atoms with E-state index in [2.05, 4.69) is 21.2 Å². The van der Waals surface area contributed by atoms with Gasteiger partial charge in [-0.1, -0.05) is 15.9 Å². The van der Waals surface area contributed by atoms with E-state index < -0.39 is 11.7 Å². The van der Waals surface area contributed by atoms with Crippen LogP contribution in [0.25, 0.3) is 6.08 Å². The summed E-state index contributed by atoms with van der Waals surface area (Å²) >= 11 is 4.29. The number of methoxy groups -OCH3 is 1. The summed E-state index contributed by atoms with van der Waals surface area (Å²) in [6.07, 6.45) is 1.60. The molecule has 0 aliphatic carbocycles. The largest absolute Gasteiger partial charge is 0.493 e. The minimum Gasteiger partial charge on any atom is -0.493 e. The van der Waals surface area contributed by atoms with Gasteiger partial charge in [0.15, 0.2) is 18.1 Å². The fraction of sp³-hybridized carbons (Fsp3) is 0.190. The zero-order valence-electron chi connectivity index (χ0n) is 16.6. The molecule has 3 rings (SSSR count). The number of hydrogen-bond acceptors (Lipinski definition) is 6. The van der Waals surface area contributed by atoms with Crippen LogP contribution < -0.4 is 14.8 Å². The van der Waals surface area contributed by atoms with Crippen molar-refractivity contribution >= 4 is 56.5 Å². The molecule has 1 aliphatic heterocycles. The van der Waals surface area contributed by atoms with Crippen molar-refractivity contribution in [3.8, 4) is 11.5 Å². The van der Waals surface area contributed by atoms with Crippen molar-refractivity contribution in [1.82, 2.24) is 4.90 Å². The molecule has 2 aromatic rings. The molecule has 0 radical (unpaired) electrons. The minimum atomic E-state index is -0.429. The van der Waals surface area contributed by atoms with Gasteiger partial charge in [0.25, 0.3) is 17.1 Å². The fourth-order valence-corrected chi connectivity index (χ4v) is 4.05.